The van der Waals surface area contributed by atoms with Crippen molar-refractivity contribution in [3.63, 3.8) is 0 Å². The van der Waals surface area contributed by atoms with E-state index in [0.717, 1.165) is 42.1 Å². The maximum Gasteiger partial charge on any atom is 0.227 e. The quantitative estimate of drug-likeness (QED) is 0.523. The number of rotatable bonds is 9. The number of anilines is 1. The molecule has 0 radical (unpaired) electrons. The van der Waals surface area contributed by atoms with E-state index in [4.69, 9.17) is 4.74 Å². The number of carbonyl (C=O) groups excluding carboxylic acids is 2. The molecule has 7 nitrogen and oxygen atoms in total. The fourth-order valence-corrected chi connectivity index (χ4v) is 4.36. The summed E-state index contributed by atoms with van der Waals surface area (Å²) in [5, 5.41) is 3.14. The van der Waals surface area contributed by atoms with Gasteiger partial charge >= 0.3 is 0 Å². The Bertz CT molecular complexity index is 1120. The second-order valence-corrected chi connectivity index (χ2v) is 8.79. The number of nitrogens with one attached hydrogen (secondary N) is 1. The minimum absolute atomic E-state index is 0.0283. The fourth-order valence-electron chi connectivity index (χ4n) is 4.36. The summed E-state index contributed by atoms with van der Waals surface area (Å²) in [5.41, 5.74) is 3.01. The van der Waals surface area contributed by atoms with Crippen LogP contribution in [-0.2, 0) is 23.1 Å². The number of aryl methyl sites for hydroxylation is 2. The number of unbranched alkanes of at least 4 members (excludes halogenated alkanes) is 1. The molecule has 1 fully saturated rings. The van der Waals surface area contributed by atoms with Gasteiger partial charge in [0.05, 0.1) is 13.0 Å². The molecule has 0 bridgehead atoms. The smallest absolute Gasteiger partial charge is 0.227 e. The molecule has 1 N–H and O–H groups in total. The van der Waals surface area contributed by atoms with Gasteiger partial charge in [0.15, 0.2) is 0 Å². The number of methoxy groups -OCH3 is 1. The van der Waals surface area contributed by atoms with E-state index in [0.29, 0.717) is 6.54 Å². The van der Waals surface area contributed by atoms with Crippen molar-refractivity contribution < 1.29 is 14.3 Å². The number of aromatic nitrogens is 2. The van der Waals surface area contributed by atoms with Gasteiger partial charge in [0.2, 0.25) is 11.8 Å². The standard InChI is InChI=1S/C27H32N4O3/c1-4-5-6-19-7-11-22(12-8-19)31-18-21(17-24(31)32)27(33)29-25(26-28-15-16-30(26)2)20-9-13-23(34-3)14-10-20/h7-16,21,25H,4-6,17-18H2,1-3H3,(H,29,33). The van der Waals surface area contributed by atoms with Crippen LogP contribution >= 0.6 is 0 Å². The number of hydrogen-bond donors (Lipinski definition) is 1. The lowest BCUT2D eigenvalue weighted by atomic mass is 10.0. The molecular weight excluding hydrogens is 428 g/mol. The van der Waals surface area contributed by atoms with E-state index >= 15 is 0 Å². The van der Waals surface area contributed by atoms with Gasteiger partial charge in [-0.05, 0) is 48.2 Å². The molecule has 3 aromatic rings. The number of amides is 2. The van der Waals surface area contributed by atoms with Gasteiger partial charge in [0.25, 0.3) is 0 Å². The van der Waals surface area contributed by atoms with Gasteiger partial charge in [-0.15, -0.1) is 0 Å². The van der Waals surface area contributed by atoms with Crippen LogP contribution in [0.5, 0.6) is 5.75 Å². The van der Waals surface area contributed by atoms with Crippen LogP contribution in [0.25, 0.3) is 0 Å². The summed E-state index contributed by atoms with van der Waals surface area (Å²) in [6.07, 6.45) is 7.09. The molecule has 2 amide bonds. The number of hydrogen-bond acceptors (Lipinski definition) is 4. The number of carbonyl (C=O) groups is 2. The van der Waals surface area contributed by atoms with Gasteiger partial charge in [-0.1, -0.05) is 37.6 Å². The molecule has 1 aromatic heterocycles. The second-order valence-electron chi connectivity index (χ2n) is 8.79. The SMILES string of the molecule is CCCCc1ccc(N2CC(C(=O)NC(c3ccc(OC)cc3)c3nccn3C)CC2=O)cc1. The van der Waals surface area contributed by atoms with Crippen LogP contribution in [0.15, 0.2) is 60.9 Å². The van der Waals surface area contributed by atoms with Crippen molar-refractivity contribution in [2.75, 3.05) is 18.6 Å². The maximum absolute atomic E-state index is 13.3. The molecule has 7 heteroatoms. The predicted octanol–water partition coefficient (Wildman–Crippen LogP) is 4.03. The lowest BCUT2D eigenvalue weighted by Gasteiger charge is -2.22. The third-order valence-corrected chi connectivity index (χ3v) is 6.42. The van der Waals surface area contributed by atoms with Crippen LogP contribution in [0.3, 0.4) is 0 Å². The molecule has 4 rings (SSSR count). The molecule has 2 unspecified atom stereocenters. The van der Waals surface area contributed by atoms with Crippen molar-refractivity contribution >= 4 is 17.5 Å². The number of ether oxygens (including phenoxy) is 1. The molecule has 1 saturated heterocycles. The monoisotopic (exact) mass is 460 g/mol. The van der Waals surface area contributed by atoms with Crippen LogP contribution in [0.2, 0.25) is 0 Å². The summed E-state index contributed by atoms with van der Waals surface area (Å²) in [7, 11) is 3.52. The fraction of sp³-hybridized carbons (Fsp3) is 0.370. The number of nitrogens with zero attached hydrogens (tertiary/aromatic N) is 3. The van der Waals surface area contributed by atoms with Crippen molar-refractivity contribution in [3.05, 3.63) is 77.9 Å². The summed E-state index contributed by atoms with van der Waals surface area (Å²) in [5.74, 6) is 0.862. The minimum atomic E-state index is -0.430. The molecule has 1 aliphatic heterocycles. The summed E-state index contributed by atoms with van der Waals surface area (Å²) in [4.78, 5) is 32.3. The highest BCUT2D eigenvalue weighted by molar-refractivity contribution is 6.00. The van der Waals surface area contributed by atoms with Crippen molar-refractivity contribution in [1.82, 2.24) is 14.9 Å². The lowest BCUT2D eigenvalue weighted by Crippen LogP contribution is -2.37. The van der Waals surface area contributed by atoms with E-state index in [9.17, 15) is 9.59 Å². The first-order chi connectivity index (χ1) is 16.5. The highest BCUT2D eigenvalue weighted by Gasteiger charge is 2.36. The molecule has 0 spiro atoms. The molecular formula is C27H32N4O3. The largest absolute Gasteiger partial charge is 0.497 e. The Morgan fingerprint density at radius 3 is 2.53 bits per heavy atom. The Morgan fingerprint density at radius 2 is 1.91 bits per heavy atom. The Hall–Kier alpha value is -3.61. The average Bonchev–Trinajstić information content (AvgIpc) is 3.47. The van der Waals surface area contributed by atoms with Crippen molar-refractivity contribution in [2.24, 2.45) is 13.0 Å². The number of benzene rings is 2. The van der Waals surface area contributed by atoms with E-state index in [-0.39, 0.29) is 18.2 Å². The zero-order valence-corrected chi connectivity index (χ0v) is 20.0. The van der Waals surface area contributed by atoms with Crippen LogP contribution in [0, 0.1) is 5.92 Å². The van der Waals surface area contributed by atoms with Crippen molar-refractivity contribution in [3.8, 4) is 5.75 Å². The van der Waals surface area contributed by atoms with Crippen LogP contribution in [0.1, 0.15) is 49.2 Å². The van der Waals surface area contributed by atoms with E-state index < -0.39 is 12.0 Å². The predicted molar refractivity (Wildman–Crippen MR) is 132 cm³/mol. The average molecular weight is 461 g/mol. The van der Waals surface area contributed by atoms with Crippen LogP contribution in [-0.4, -0.2) is 35.0 Å². The zero-order chi connectivity index (χ0) is 24.1. The van der Waals surface area contributed by atoms with Crippen LogP contribution in [0.4, 0.5) is 5.69 Å². The summed E-state index contributed by atoms with van der Waals surface area (Å²) >= 11 is 0. The maximum atomic E-state index is 13.3. The molecule has 0 aliphatic carbocycles. The molecule has 34 heavy (non-hydrogen) atoms. The molecule has 0 saturated carbocycles. The first kappa shape index (κ1) is 23.5. The Balaban J connectivity index is 1.48. The van der Waals surface area contributed by atoms with Crippen LogP contribution < -0.4 is 15.0 Å². The molecule has 1 aliphatic rings. The van der Waals surface area contributed by atoms with Gasteiger partial charge in [-0.2, -0.15) is 0 Å². The number of imidazole rings is 1. The van der Waals surface area contributed by atoms with E-state index in [2.05, 4.69) is 29.4 Å². The van der Waals surface area contributed by atoms with Gasteiger partial charge in [-0.25, -0.2) is 4.98 Å². The zero-order valence-electron chi connectivity index (χ0n) is 20.0. The topological polar surface area (TPSA) is 76.5 Å². The molecule has 2 atom stereocenters. The van der Waals surface area contributed by atoms with E-state index in [1.54, 1.807) is 18.2 Å². The third-order valence-electron chi connectivity index (χ3n) is 6.42. The van der Waals surface area contributed by atoms with E-state index in [1.807, 2.05) is 54.2 Å². The summed E-state index contributed by atoms with van der Waals surface area (Å²) in [6, 6.07) is 15.3. The Morgan fingerprint density at radius 1 is 1.18 bits per heavy atom. The molecule has 2 aromatic carbocycles. The first-order valence-electron chi connectivity index (χ1n) is 11.8. The van der Waals surface area contributed by atoms with Gasteiger partial charge in [-0.3, -0.25) is 9.59 Å². The lowest BCUT2D eigenvalue weighted by molar-refractivity contribution is -0.126. The molecule has 178 valence electrons. The molecule has 2 heterocycles. The van der Waals surface area contributed by atoms with E-state index in [1.165, 1.54) is 5.56 Å². The normalized spacial score (nSPS) is 16.5. The second kappa shape index (κ2) is 10.5. The third kappa shape index (κ3) is 5.14. The van der Waals surface area contributed by atoms with Gasteiger partial charge in [0, 0.05) is 38.1 Å². The summed E-state index contributed by atoms with van der Waals surface area (Å²) in [6.45, 7) is 2.55. The Labute approximate surface area is 200 Å². The van der Waals surface area contributed by atoms with Gasteiger partial charge < -0.3 is 19.5 Å². The summed E-state index contributed by atoms with van der Waals surface area (Å²) < 4.78 is 7.16. The first-order valence-corrected chi connectivity index (χ1v) is 11.8. The van der Waals surface area contributed by atoms with Crippen molar-refractivity contribution in [1.29, 1.82) is 0 Å². The Kier molecular flexibility index (Phi) is 7.30. The highest BCUT2D eigenvalue weighted by Crippen LogP contribution is 2.28. The highest BCUT2D eigenvalue weighted by atomic mass is 16.5. The van der Waals surface area contributed by atoms with Gasteiger partial charge in [0.1, 0.15) is 17.6 Å². The minimum Gasteiger partial charge on any atom is -0.497 e. The van der Waals surface area contributed by atoms with Crippen molar-refractivity contribution in [2.45, 2.75) is 38.6 Å².